The van der Waals surface area contributed by atoms with Crippen LogP contribution in [0.15, 0.2) is 24.3 Å². The predicted molar refractivity (Wildman–Crippen MR) is 134 cm³/mol. The number of unbranched alkanes of at least 4 members (excludes halogenated alkanes) is 3. The van der Waals surface area contributed by atoms with Gasteiger partial charge in [-0.3, -0.25) is 14.4 Å². The number of carbonyl (C=O) groups excluding carboxylic acids is 3. The van der Waals surface area contributed by atoms with Crippen LogP contribution in [-0.4, -0.2) is 92.9 Å². The molecule has 1 N–H and O–H groups in total. The average molecular weight is 490 g/mol. The molecular weight excluding hydrogens is 450 g/mol. The van der Waals surface area contributed by atoms with E-state index in [0.29, 0.717) is 45.6 Å². The summed E-state index contributed by atoms with van der Waals surface area (Å²) in [6.45, 7) is 7.20. The molecule has 34 heavy (non-hydrogen) atoms. The van der Waals surface area contributed by atoms with Gasteiger partial charge < -0.3 is 19.8 Å². The minimum Gasteiger partial charge on any atom is -0.396 e. The van der Waals surface area contributed by atoms with Gasteiger partial charge in [-0.15, -0.1) is 11.8 Å². The Labute approximate surface area is 207 Å². The van der Waals surface area contributed by atoms with Gasteiger partial charge in [-0.25, -0.2) is 0 Å². The molecule has 4 heterocycles. The van der Waals surface area contributed by atoms with Crippen LogP contribution >= 0.6 is 11.8 Å². The predicted octanol–water partition coefficient (Wildman–Crippen LogP) is 2.45. The first kappa shape index (κ1) is 25.3. The summed E-state index contributed by atoms with van der Waals surface area (Å²) in [5.74, 6) is -1.01. The lowest BCUT2D eigenvalue weighted by molar-refractivity contribution is -0.144. The van der Waals surface area contributed by atoms with E-state index in [2.05, 4.69) is 38.2 Å². The molecule has 0 aromatic carbocycles. The van der Waals surface area contributed by atoms with Crippen molar-refractivity contribution in [2.75, 3.05) is 39.3 Å². The Morgan fingerprint density at radius 3 is 2.38 bits per heavy atom. The van der Waals surface area contributed by atoms with Gasteiger partial charge in [0.15, 0.2) is 0 Å². The molecule has 0 bridgehead atoms. The number of nitrogens with zero attached hydrogens (tertiary/aromatic N) is 3. The number of hydrogen-bond acceptors (Lipinski definition) is 5. The minimum absolute atomic E-state index is 0.00625. The molecule has 2 saturated heterocycles. The van der Waals surface area contributed by atoms with Crippen LogP contribution in [0.4, 0.5) is 0 Å². The number of hydrogen-bond donors (Lipinski definition) is 1. The van der Waals surface area contributed by atoms with Gasteiger partial charge in [-0.05, 0) is 25.7 Å². The van der Waals surface area contributed by atoms with Gasteiger partial charge in [0, 0.05) is 44.6 Å². The lowest BCUT2D eigenvalue weighted by Gasteiger charge is -2.35. The number of aliphatic hydroxyl groups is 1. The summed E-state index contributed by atoms with van der Waals surface area (Å²) in [5, 5.41) is 9.20. The monoisotopic (exact) mass is 489 g/mol. The number of rotatable bonds is 10. The topological polar surface area (TPSA) is 81.2 Å². The fraction of sp³-hybridized carbons (Fsp3) is 0.731. The Balaban J connectivity index is 1.71. The zero-order valence-electron chi connectivity index (χ0n) is 20.5. The molecule has 4 aliphatic rings. The minimum atomic E-state index is -0.725. The first-order chi connectivity index (χ1) is 16.5. The first-order valence-electron chi connectivity index (χ1n) is 13.0. The van der Waals surface area contributed by atoms with Crippen molar-refractivity contribution in [3.8, 4) is 0 Å². The summed E-state index contributed by atoms with van der Waals surface area (Å²) < 4.78 is -0.725. The van der Waals surface area contributed by atoms with Crippen LogP contribution in [0.1, 0.15) is 52.4 Å². The maximum atomic E-state index is 14.0. The van der Waals surface area contributed by atoms with Crippen LogP contribution in [-0.2, 0) is 14.4 Å². The zero-order chi connectivity index (χ0) is 24.3. The fourth-order valence-electron chi connectivity index (χ4n) is 6.09. The largest absolute Gasteiger partial charge is 0.396 e. The van der Waals surface area contributed by atoms with Crippen LogP contribution in [0, 0.1) is 11.8 Å². The normalized spacial score (nSPS) is 32.7. The van der Waals surface area contributed by atoms with E-state index in [1.807, 2.05) is 9.80 Å². The molecule has 0 aromatic rings. The van der Waals surface area contributed by atoms with Crippen molar-refractivity contribution >= 4 is 29.5 Å². The molecule has 1 unspecified atom stereocenters. The second kappa shape index (κ2) is 10.9. The highest BCUT2D eigenvalue weighted by Crippen LogP contribution is 2.61. The Morgan fingerprint density at radius 1 is 0.912 bits per heavy atom. The van der Waals surface area contributed by atoms with Crippen LogP contribution < -0.4 is 0 Å². The number of carbonyl (C=O) groups is 3. The van der Waals surface area contributed by atoms with Gasteiger partial charge >= 0.3 is 0 Å². The van der Waals surface area contributed by atoms with E-state index < -0.39 is 22.6 Å². The van der Waals surface area contributed by atoms with Crippen LogP contribution in [0.2, 0.25) is 0 Å². The molecule has 1 spiro atoms. The van der Waals surface area contributed by atoms with Gasteiger partial charge in [-0.2, -0.15) is 0 Å². The maximum absolute atomic E-state index is 14.0. The van der Waals surface area contributed by atoms with Gasteiger partial charge in [0.05, 0.1) is 16.6 Å². The van der Waals surface area contributed by atoms with E-state index in [-0.39, 0.29) is 29.6 Å². The van der Waals surface area contributed by atoms with Crippen molar-refractivity contribution in [3.63, 3.8) is 0 Å². The quantitative estimate of drug-likeness (QED) is 0.377. The van der Waals surface area contributed by atoms with E-state index in [0.717, 1.165) is 25.7 Å². The smallest absolute Gasteiger partial charge is 0.247 e. The van der Waals surface area contributed by atoms with Gasteiger partial charge in [0.2, 0.25) is 17.7 Å². The molecular formula is C26H39N3O4S. The molecule has 3 amide bonds. The molecule has 8 heteroatoms. The Kier molecular flexibility index (Phi) is 8.08. The summed E-state index contributed by atoms with van der Waals surface area (Å²) >= 11 is 1.65. The van der Waals surface area contributed by atoms with Gasteiger partial charge in [-0.1, -0.05) is 51.0 Å². The lowest BCUT2D eigenvalue weighted by atomic mass is 9.78. The highest BCUT2D eigenvalue weighted by Gasteiger charge is 2.70. The SMILES string of the molecule is CCCCCN1CC=C[C@]23S[C@H]4C=CCN(CCC)C(=O)[C@H]4[C@H]2C(=O)N(CCCCO)C3C1=O. The van der Waals surface area contributed by atoms with Gasteiger partial charge in [0.1, 0.15) is 6.04 Å². The molecule has 0 saturated carbocycles. The first-order valence-corrected chi connectivity index (χ1v) is 13.9. The summed E-state index contributed by atoms with van der Waals surface area (Å²) in [5.41, 5.74) is 0. The highest BCUT2D eigenvalue weighted by molar-refractivity contribution is 8.02. The van der Waals surface area contributed by atoms with E-state index in [1.54, 1.807) is 16.7 Å². The van der Waals surface area contributed by atoms with Crippen LogP contribution in [0.25, 0.3) is 0 Å². The maximum Gasteiger partial charge on any atom is 0.247 e. The van der Waals surface area contributed by atoms with Crippen LogP contribution in [0.3, 0.4) is 0 Å². The molecule has 5 atom stereocenters. The molecule has 7 nitrogen and oxygen atoms in total. The summed E-state index contributed by atoms with van der Waals surface area (Å²) in [6.07, 6.45) is 13.5. The van der Waals surface area contributed by atoms with Crippen LogP contribution in [0.5, 0.6) is 0 Å². The molecule has 0 aliphatic carbocycles. The lowest BCUT2D eigenvalue weighted by Crippen LogP contribution is -2.53. The third-order valence-corrected chi connectivity index (χ3v) is 9.40. The van der Waals surface area contributed by atoms with E-state index >= 15 is 0 Å². The number of likely N-dealkylation sites (tertiary alicyclic amines) is 1. The fourth-order valence-corrected chi connectivity index (χ4v) is 8.10. The zero-order valence-corrected chi connectivity index (χ0v) is 21.3. The number of thioether (sulfide) groups is 1. The number of aliphatic hydroxyl groups excluding tert-OH is 1. The number of fused-ring (bicyclic) bond motifs is 2. The van der Waals surface area contributed by atoms with Crippen molar-refractivity contribution in [2.45, 2.75) is 68.4 Å². The molecule has 2 fully saturated rings. The Bertz CT molecular complexity index is 846. The van der Waals surface area contributed by atoms with Crippen molar-refractivity contribution in [1.29, 1.82) is 0 Å². The standard InChI is InChI=1S/C26H39N3O4S/c1-3-5-6-14-28-16-10-12-26-21(24(32)29(17-7-8-18-30)22(26)25(28)33)20-19(34-26)11-9-15-27(13-4-2)23(20)31/h9-12,19-22,30H,3-8,13-18H2,1-2H3/t19-,20+,21-,22?,26-/m0/s1. The van der Waals surface area contributed by atoms with E-state index in [9.17, 15) is 19.5 Å². The molecule has 4 aliphatic heterocycles. The van der Waals surface area contributed by atoms with E-state index in [4.69, 9.17) is 0 Å². The number of amides is 3. The Hall–Kier alpha value is -1.80. The van der Waals surface area contributed by atoms with Crippen molar-refractivity contribution in [2.24, 2.45) is 11.8 Å². The van der Waals surface area contributed by atoms with Crippen molar-refractivity contribution < 1.29 is 19.5 Å². The summed E-state index contributed by atoms with van der Waals surface area (Å²) in [6, 6.07) is -0.596. The van der Waals surface area contributed by atoms with Crippen molar-refractivity contribution in [3.05, 3.63) is 24.3 Å². The highest BCUT2D eigenvalue weighted by atomic mass is 32.2. The second-order valence-corrected chi connectivity index (χ2v) is 11.4. The van der Waals surface area contributed by atoms with E-state index in [1.165, 1.54) is 0 Å². The average Bonchev–Trinajstić information content (AvgIpc) is 3.14. The molecule has 0 aromatic heterocycles. The molecule has 0 radical (unpaired) electrons. The summed E-state index contributed by atoms with van der Waals surface area (Å²) in [4.78, 5) is 47.2. The third kappa shape index (κ3) is 4.32. The Morgan fingerprint density at radius 2 is 1.65 bits per heavy atom. The van der Waals surface area contributed by atoms with Gasteiger partial charge in [0.25, 0.3) is 0 Å². The molecule has 4 rings (SSSR count). The summed E-state index contributed by atoms with van der Waals surface area (Å²) in [7, 11) is 0. The second-order valence-electron chi connectivity index (χ2n) is 9.91. The third-order valence-electron chi connectivity index (χ3n) is 7.66. The van der Waals surface area contributed by atoms with Crippen molar-refractivity contribution in [1.82, 2.24) is 14.7 Å². The molecule has 188 valence electrons.